The van der Waals surface area contributed by atoms with Gasteiger partial charge in [0.25, 0.3) is 0 Å². The number of carbonyl (C=O) groups is 2. The Morgan fingerprint density at radius 1 is 0.926 bits per heavy atom. The van der Waals surface area contributed by atoms with Crippen molar-refractivity contribution in [2.75, 3.05) is 42.5 Å². The third-order valence-corrected chi connectivity index (χ3v) is 6.12. The molecule has 1 aromatic carbocycles. The smallest absolute Gasteiger partial charge is 0.242 e. The number of piperidine rings is 2. The van der Waals surface area contributed by atoms with Crippen LogP contribution < -0.4 is 9.80 Å². The van der Waals surface area contributed by atoms with Crippen molar-refractivity contribution < 1.29 is 9.59 Å². The summed E-state index contributed by atoms with van der Waals surface area (Å²) in [6, 6.07) is 8.10. The average Bonchev–Trinajstić information content (AvgIpc) is 2.67. The minimum Gasteiger partial charge on any atom is -0.372 e. The number of carbonyl (C=O) groups excluding carboxylic acids is 2. The van der Waals surface area contributed by atoms with Crippen LogP contribution in [-0.2, 0) is 9.59 Å². The number of anilines is 2. The summed E-state index contributed by atoms with van der Waals surface area (Å²) in [5, 5.41) is 0. The topological polar surface area (TPSA) is 43.9 Å². The lowest BCUT2D eigenvalue weighted by Gasteiger charge is -2.33. The molecule has 0 bridgehead atoms. The Morgan fingerprint density at radius 2 is 1.44 bits per heavy atom. The van der Waals surface area contributed by atoms with Crippen LogP contribution in [-0.4, -0.2) is 49.4 Å². The minimum atomic E-state index is -0.0896. The van der Waals surface area contributed by atoms with Crippen molar-refractivity contribution in [3.8, 4) is 0 Å². The number of amides is 2. The zero-order valence-corrected chi connectivity index (χ0v) is 17.0. The van der Waals surface area contributed by atoms with Gasteiger partial charge in [-0.3, -0.25) is 9.59 Å². The van der Waals surface area contributed by atoms with E-state index in [9.17, 15) is 9.59 Å². The zero-order valence-electron chi connectivity index (χ0n) is 17.0. The van der Waals surface area contributed by atoms with E-state index in [1.807, 2.05) is 17.0 Å². The molecule has 0 aromatic heterocycles. The predicted molar refractivity (Wildman–Crippen MR) is 110 cm³/mol. The van der Waals surface area contributed by atoms with Gasteiger partial charge in [-0.25, -0.2) is 0 Å². The van der Waals surface area contributed by atoms with Gasteiger partial charge in [-0.1, -0.05) is 13.8 Å². The summed E-state index contributed by atoms with van der Waals surface area (Å²) in [5.41, 5.74) is 2.00. The van der Waals surface area contributed by atoms with Gasteiger partial charge in [0.2, 0.25) is 11.8 Å². The van der Waals surface area contributed by atoms with E-state index in [0.29, 0.717) is 5.92 Å². The van der Waals surface area contributed by atoms with Crippen molar-refractivity contribution in [3.63, 3.8) is 0 Å². The molecule has 5 heteroatoms. The van der Waals surface area contributed by atoms with Crippen LogP contribution >= 0.6 is 0 Å². The highest BCUT2D eigenvalue weighted by Crippen LogP contribution is 2.26. The Hall–Kier alpha value is -2.04. The fourth-order valence-corrected chi connectivity index (χ4v) is 3.99. The highest BCUT2D eigenvalue weighted by molar-refractivity contribution is 5.97. The van der Waals surface area contributed by atoms with Crippen LogP contribution in [0.1, 0.15) is 46.5 Å². The van der Waals surface area contributed by atoms with Crippen molar-refractivity contribution in [1.82, 2.24) is 4.90 Å². The summed E-state index contributed by atoms with van der Waals surface area (Å²) in [5.74, 6) is 1.44. The Morgan fingerprint density at radius 3 is 1.96 bits per heavy atom. The van der Waals surface area contributed by atoms with Gasteiger partial charge in [-0.05, 0) is 61.8 Å². The molecule has 0 aliphatic carbocycles. The quantitative estimate of drug-likeness (QED) is 0.813. The molecule has 1 aromatic rings. The molecule has 2 fully saturated rings. The molecule has 5 nitrogen and oxygen atoms in total. The maximum atomic E-state index is 12.7. The van der Waals surface area contributed by atoms with Crippen molar-refractivity contribution in [3.05, 3.63) is 24.3 Å². The molecule has 2 saturated heterocycles. The van der Waals surface area contributed by atoms with Crippen LogP contribution in [0.25, 0.3) is 0 Å². The number of nitrogens with zero attached hydrogens (tertiary/aromatic N) is 3. The number of hydrogen-bond donors (Lipinski definition) is 0. The molecule has 2 heterocycles. The summed E-state index contributed by atoms with van der Waals surface area (Å²) in [6.45, 7) is 9.98. The molecule has 2 aliphatic rings. The molecule has 2 amide bonds. The standard InChI is InChI=1S/C22H33N3O2/c1-17-8-12-23(13-9-17)20-4-6-21(7-5-20)25(19(3)26)16-22(27)24-14-10-18(2)11-15-24/h4-7,17-18H,8-16H2,1-3H3. The van der Waals surface area contributed by atoms with Crippen LogP contribution in [0.4, 0.5) is 11.4 Å². The molecule has 27 heavy (non-hydrogen) atoms. The molecule has 0 atom stereocenters. The first-order valence-electron chi connectivity index (χ1n) is 10.3. The van der Waals surface area contributed by atoms with Crippen molar-refractivity contribution in [1.29, 1.82) is 0 Å². The first-order valence-corrected chi connectivity index (χ1v) is 10.3. The van der Waals surface area contributed by atoms with Gasteiger partial charge in [0.05, 0.1) is 0 Å². The second kappa shape index (κ2) is 8.77. The normalized spacial score (nSPS) is 19.2. The van der Waals surface area contributed by atoms with Gasteiger partial charge in [-0.15, -0.1) is 0 Å². The molecule has 0 N–H and O–H groups in total. The summed E-state index contributed by atoms with van der Waals surface area (Å²) in [7, 11) is 0. The summed E-state index contributed by atoms with van der Waals surface area (Å²) < 4.78 is 0. The first-order chi connectivity index (χ1) is 12.9. The Labute approximate surface area is 163 Å². The zero-order chi connectivity index (χ0) is 19.4. The highest BCUT2D eigenvalue weighted by atomic mass is 16.2. The molecular formula is C22H33N3O2. The molecule has 0 spiro atoms. The van der Waals surface area contributed by atoms with Gasteiger partial charge < -0.3 is 14.7 Å². The molecule has 2 aliphatic heterocycles. The van der Waals surface area contributed by atoms with Gasteiger partial charge in [-0.2, -0.15) is 0 Å². The molecule has 148 valence electrons. The third kappa shape index (κ3) is 5.02. The number of rotatable bonds is 4. The number of benzene rings is 1. The van der Waals surface area contributed by atoms with Gasteiger partial charge >= 0.3 is 0 Å². The summed E-state index contributed by atoms with van der Waals surface area (Å²) in [6.07, 6.45) is 4.55. The molecule has 0 saturated carbocycles. The van der Waals surface area contributed by atoms with Crippen molar-refractivity contribution >= 4 is 23.2 Å². The SMILES string of the molecule is CC(=O)N(CC(=O)N1CCC(C)CC1)c1ccc(N2CCC(C)CC2)cc1. The minimum absolute atomic E-state index is 0.0474. The van der Waals surface area contributed by atoms with Crippen LogP contribution in [0.2, 0.25) is 0 Å². The van der Waals surface area contributed by atoms with Crippen LogP contribution in [0.15, 0.2) is 24.3 Å². The molecular weight excluding hydrogens is 338 g/mol. The number of likely N-dealkylation sites (tertiary alicyclic amines) is 1. The van der Waals surface area contributed by atoms with E-state index in [1.54, 1.807) is 4.90 Å². The fourth-order valence-electron chi connectivity index (χ4n) is 3.99. The summed E-state index contributed by atoms with van der Waals surface area (Å²) in [4.78, 5) is 30.8. The molecule has 0 unspecified atom stereocenters. The lowest BCUT2D eigenvalue weighted by atomic mass is 9.99. The van der Waals surface area contributed by atoms with Crippen LogP contribution in [0.5, 0.6) is 0 Å². The van der Waals surface area contributed by atoms with Crippen LogP contribution in [0.3, 0.4) is 0 Å². The van der Waals surface area contributed by atoms with E-state index < -0.39 is 0 Å². The second-order valence-corrected chi connectivity index (χ2v) is 8.35. The monoisotopic (exact) mass is 371 g/mol. The van der Waals surface area contributed by atoms with E-state index in [2.05, 4.69) is 30.9 Å². The Bertz CT molecular complexity index is 642. The molecule has 0 radical (unpaired) electrons. The van der Waals surface area contributed by atoms with E-state index in [1.165, 1.54) is 25.5 Å². The van der Waals surface area contributed by atoms with E-state index >= 15 is 0 Å². The third-order valence-electron chi connectivity index (χ3n) is 6.12. The van der Waals surface area contributed by atoms with E-state index in [4.69, 9.17) is 0 Å². The maximum Gasteiger partial charge on any atom is 0.242 e. The number of hydrogen-bond acceptors (Lipinski definition) is 3. The summed E-state index contributed by atoms with van der Waals surface area (Å²) >= 11 is 0. The second-order valence-electron chi connectivity index (χ2n) is 8.35. The Balaban J connectivity index is 1.64. The van der Waals surface area contributed by atoms with Crippen molar-refractivity contribution in [2.45, 2.75) is 46.5 Å². The highest BCUT2D eigenvalue weighted by Gasteiger charge is 2.24. The van der Waals surface area contributed by atoms with E-state index in [0.717, 1.165) is 50.6 Å². The maximum absolute atomic E-state index is 12.7. The van der Waals surface area contributed by atoms with Gasteiger partial charge in [0.15, 0.2) is 0 Å². The molecule has 3 rings (SSSR count). The van der Waals surface area contributed by atoms with Crippen LogP contribution in [0, 0.1) is 11.8 Å². The first kappa shape index (κ1) is 19.7. The average molecular weight is 372 g/mol. The van der Waals surface area contributed by atoms with E-state index in [-0.39, 0.29) is 18.4 Å². The Kier molecular flexibility index (Phi) is 6.40. The predicted octanol–water partition coefficient (Wildman–Crippen LogP) is 3.53. The van der Waals surface area contributed by atoms with Gasteiger partial charge in [0, 0.05) is 44.5 Å². The lowest BCUT2D eigenvalue weighted by Crippen LogP contribution is -2.45. The van der Waals surface area contributed by atoms with Gasteiger partial charge in [0.1, 0.15) is 6.54 Å². The largest absolute Gasteiger partial charge is 0.372 e. The van der Waals surface area contributed by atoms with Crippen molar-refractivity contribution in [2.24, 2.45) is 11.8 Å². The lowest BCUT2D eigenvalue weighted by molar-refractivity contribution is -0.132. The fraction of sp³-hybridized carbons (Fsp3) is 0.636.